The zero-order valence-corrected chi connectivity index (χ0v) is 13.3. The summed E-state index contributed by atoms with van der Waals surface area (Å²) in [5, 5.41) is 13.6. The minimum atomic E-state index is -0.727. The summed E-state index contributed by atoms with van der Waals surface area (Å²) < 4.78 is 13.1. The first-order chi connectivity index (χ1) is 9.88. The maximum absolute atomic E-state index is 13.1. The lowest BCUT2D eigenvalue weighted by atomic mass is 9.73. The standard InChI is InChI=1S/C17H27FN2O/c1-12-4-6-14(7-5-12)17(2,3)20-11-16(21)13-8-15(18)10-19-9-13/h8-10,12,14,16,20-21H,4-7,11H2,1-3H3/t12?,14?,16-/m0/s1. The zero-order valence-electron chi connectivity index (χ0n) is 13.3. The van der Waals surface area contributed by atoms with Gasteiger partial charge in [-0.3, -0.25) is 4.98 Å². The van der Waals surface area contributed by atoms with E-state index in [1.807, 2.05) is 0 Å². The number of pyridine rings is 1. The van der Waals surface area contributed by atoms with Crippen molar-refractivity contribution < 1.29 is 9.50 Å². The van der Waals surface area contributed by atoms with Crippen molar-refractivity contribution in [2.45, 2.75) is 58.1 Å². The van der Waals surface area contributed by atoms with Crippen molar-refractivity contribution in [2.24, 2.45) is 11.8 Å². The minimum Gasteiger partial charge on any atom is -0.387 e. The molecule has 2 N–H and O–H groups in total. The maximum Gasteiger partial charge on any atom is 0.141 e. The van der Waals surface area contributed by atoms with Gasteiger partial charge in [-0.15, -0.1) is 0 Å². The Morgan fingerprint density at radius 2 is 2.00 bits per heavy atom. The third kappa shape index (κ3) is 4.48. The molecule has 0 bridgehead atoms. The van der Waals surface area contributed by atoms with Gasteiger partial charge in [0.2, 0.25) is 0 Å². The smallest absolute Gasteiger partial charge is 0.141 e. The lowest BCUT2D eigenvalue weighted by Crippen LogP contribution is -2.48. The van der Waals surface area contributed by atoms with E-state index in [9.17, 15) is 9.50 Å². The molecule has 1 aromatic rings. The van der Waals surface area contributed by atoms with Crippen LogP contribution in [0.3, 0.4) is 0 Å². The van der Waals surface area contributed by atoms with Crippen molar-refractivity contribution >= 4 is 0 Å². The summed E-state index contributed by atoms with van der Waals surface area (Å²) >= 11 is 0. The number of rotatable bonds is 5. The van der Waals surface area contributed by atoms with E-state index in [-0.39, 0.29) is 5.54 Å². The Morgan fingerprint density at radius 3 is 2.62 bits per heavy atom. The number of halogens is 1. The lowest BCUT2D eigenvalue weighted by Gasteiger charge is -2.40. The molecule has 1 atom stereocenters. The first kappa shape index (κ1) is 16.4. The summed E-state index contributed by atoms with van der Waals surface area (Å²) in [6.45, 7) is 7.13. The molecule has 0 radical (unpaired) electrons. The molecule has 118 valence electrons. The first-order valence-electron chi connectivity index (χ1n) is 7.92. The van der Waals surface area contributed by atoms with Crippen LogP contribution in [0.5, 0.6) is 0 Å². The second-order valence-corrected chi connectivity index (χ2v) is 7.01. The highest BCUT2D eigenvalue weighted by Gasteiger charge is 2.32. The Labute approximate surface area is 127 Å². The summed E-state index contributed by atoms with van der Waals surface area (Å²) in [4.78, 5) is 3.79. The fourth-order valence-electron chi connectivity index (χ4n) is 3.21. The lowest BCUT2D eigenvalue weighted by molar-refractivity contribution is 0.125. The largest absolute Gasteiger partial charge is 0.387 e. The summed E-state index contributed by atoms with van der Waals surface area (Å²) in [5.41, 5.74) is 0.512. The molecule has 0 aromatic carbocycles. The number of aliphatic hydroxyl groups excluding tert-OH is 1. The molecule has 0 unspecified atom stereocenters. The Balaban J connectivity index is 1.89. The summed E-state index contributed by atoms with van der Waals surface area (Å²) in [7, 11) is 0. The molecule has 1 aromatic heterocycles. The molecule has 0 saturated heterocycles. The van der Waals surface area contributed by atoms with Gasteiger partial charge in [0.25, 0.3) is 0 Å². The highest BCUT2D eigenvalue weighted by atomic mass is 19.1. The molecule has 0 spiro atoms. The average Bonchev–Trinajstić information content (AvgIpc) is 2.45. The van der Waals surface area contributed by atoms with E-state index < -0.39 is 11.9 Å². The van der Waals surface area contributed by atoms with Gasteiger partial charge in [-0.2, -0.15) is 0 Å². The van der Waals surface area contributed by atoms with Gasteiger partial charge in [-0.25, -0.2) is 4.39 Å². The van der Waals surface area contributed by atoms with Crippen LogP contribution in [0.1, 0.15) is 58.1 Å². The van der Waals surface area contributed by atoms with Crippen LogP contribution in [0.15, 0.2) is 18.5 Å². The molecule has 1 heterocycles. The van der Waals surface area contributed by atoms with Crippen molar-refractivity contribution in [3.8, 4) is 0 Å². The summed E-state index contributed by atoms with van der Waals surface area (Å²) in [6.07, 6.45) is 6.98. The molecule has 0 amide bonds. The third-order valence-corrected chi connectivity index (χ3v) is 4.90. The number of nitrogens with one attached hydrogen (secondary N) is 1. The van der Waals surface area contributed by atoms with E-state index in [4.69, 9.17) is 0 Å². The highest BCUT2D eigenvalue weighted by Crippen LogP contribution is 2.35. The molecule has 21 heavy (non-hydrogen) atoms. The number of aliphatic hydroxyl groups is 1. The SMILES string of the molecule is CC1CCC(C(C)(C)NC[C@H](O)c2cncc(F)c2)CC1. The second kappa shape index (κ2) is 6.84. The van der Waals surface area contributed by atoms with E-state index in [2.05, 4.69) is 31.1 Å². The normalized spacial score (nSPS) is 24.8. The number of hydrogen-bond acceptors (Lipinski definition) is 3. The molecule has 2 rings (SSSR count). The van der Waals surface area contributed by atoms with E-state index in [1.54, 1.807) is 0 Å². The monoisotopic (exact) mass is 294 g/mol. The fraction of sp³-hybridized carbons (Fsp3) is 0.706. The van der Waals surface area contributed by atoms with Crippen LogP contribution in [-0.4, -0.2) is 22.2 Å². The van der Waals surface area contributed by atoms with Crippen LogP contribution in [-0.2, 0) is 0 Å². The van der Waals surface area contributed by atoms with E-state index in [0.717, 1.165) is 12.1 Å². The Kier molecular flexibility index (Phi) is 5.33. The Morgan fingerprint density at radius 1 is 1.33 bits per heavy atom. The molecular weight excluding hydrogens is 267 g/mol. The van der Waals surface area contributed by atoms with Crippen LogP contribution >= 0.6 is 0 Å². The number of aromatic nitrogens is 1. The van der Waals surface area contributed by atoms with Crippen molar-refractivity contribution in [1.82, 2.24) is 10.3 Å². The van der Waals surface area contributed by atoms with Gasteiger partial charge in [0.15, 0.2) is 0 Å². The molecule has 0 aliphatic heterocycles. The first-order valence-corrected chi connectivity index (χ1v) is 7.92. The van der Waals surface area contributed by atoms with Crippen molar-refractivity contribution in [3.63, 3.8) is 0 Å². The second-order valence-electron chi connectivity index (χ2n) is 7.01. The van der Waals surface area contributed by atoms with Crippen molar-refractivity contribution in [3.05, 3.63) is 29.8 Å². The number of nitrogens with zero attached hydrogens (tertiary/aromatic N) is 1. The molecule has 1 aliphatic rings. The predicted molar refractivity (Wildman–Crippen MR) is 82.4 cm³/mol. The molecule has 1 saturated carbocycles. The van der Waals surface area contributed by atoms with E-state index >= 15 is 0 Å². The fourth-order valence-corrected chi connectivity index (χ4v) is 3.21. The number of β-amino-alcohol motifs (C(OH)–C–C–N with tert-alkyl or cyclic N) is 1. The summed E-state index contributed by atoms with van der Waals surface area (Å²) in [5.74, 6) is 1.06. The molecule has 1 aliphatic carbocycles. The van der Waals surface area contributed by atoms with Crippen LogP contribution in [0, 0.1) is 17.7 Å². The van der Waals surface area contributed by atoms with Gasteiger partial charge in [0.1, 0.15) is 5.82 Å². The zero-order chi connectivity index (χ0) is 15.5. The summed E-state index contributed by atoms with van der Waals surface area (Å²) in [6, 6.07) is 1.34. The third-order valence-electron chi connectivity index (χ3n) is 4.90. The topological polar surface area (TPSA) is 45.1 Å². The highest BCUT2D eigenvalue weighted by molar-refractivity contribution is 5.13. The predicted octanol–water partition coefficient (Wildman–Crippen LogP) is 3.45. The molecule has 3 nitrogen and oxygen atoms in total. The van der Waals surface area contributed by atoms with Crippen molar-refractivity contribution in [1.29, 1.82) is 0 Å². The maximum atomic E-state index is 13.1. The van der Waals surface area contributed by atoms with E-state index in [0.29, 0.717) is 18.0 Å². The van der Waals surface area contributed by atoms with Crippen LogP contribution in [0.2, 0.25) is 0 Å². The Bertz CT molecular complexity index is 456. The van der Waals surface area contributed by atoms with Gasteiger partial charge in [-0.05, 0) is 44.6 Å². The molecule has 1 fully saturated rings. The van der Waals surface area contributed by atoms with Crippen LogP contribution < -0.4 is 5.32 Å². The van der Waals surface area contributed by atoms with Crippen LogP contribution in [0.25, 0.3) is 0 Å². The van der Waals surface area contributed by atoms with Crippen LogP contribution in [0.4, 0.5) is 4.39 Å². The quantitative estimate of drug-likeness (QED) is 0.874. The average molecular weight is 294 g/mol. The Hall–Kier alpha value is -1.00. The van der Waals surface area contributed by atoms with Gasteiger partial charge >= 0.3 is 0 Å². The molecular formula is C17H27FN2O. The van der Waals surface area contributed by atoms with Gasteiger partial charge in [-0.1, -0.05) is 19.8 Å². The van der Waals surface area contributed by atoms with E-state index in [1.165, 1.54) is 37.9 Å². The van der Waals surface area contributed by atoms with Gasteiger partial charge < -0.3 is 10.4 Å². The van der Waals surface area contributed by atoms with Crippen molar-refractivity contribution in [2.75, 3.05) is 6.54 Å². The minimum absolute atomic E-state index is 0.0120. The molecule has 4 heteroatoms. The number of hydrogen-bond donors (Lipinski definition) is 2. The van der Waals surface area contributed by atoms with Gasteiger partial charge in [0, 0.05) is 23.8 Å². The van der Waals surface area contributed by atoms with Gasteiger partial charge in [0.05, 0.1) is 12.3 Å².